The van der Waals surface area contributed by atoms with E-state index >= 15 is 0 Å². The first-order valence-electron chi connectivity index (χ1n) is 6.11. The van der Waals surface area contributed by atoms with Gasteiger partial charge in [0.25, 0.3) is 0 Å². The number of thioether (sulfide) groups is 1. The number of nitrogens with one attached hydrogen (secondary N) is 1. The Kier molecular flexibility index (Phi) is 4.95. The van der Waals surface area contributed by atoms with E-state index in [9.17, 15) is 0 Å². The van der Waals surface area contributed by atoms with Crippen molar-refractivity contribution in [2.75, 3.05) is 38.2 Å². The normalized spacial score (nSPS) is 17.5. The van der Waals surface area contributed by atoms with E-state index in [0.29, 0.717) is 0 Å². The van der Waals surface area contributed by atoms with Gasteiger partial charge in [-0.05, 0) is 18.2 Å². The van der Waals surface area contributed by atoms with Gasteiger partial charge in [-0.25, -0.2) is 0 Å². The standard InChI is InChI=1S/C14H19NOS/c1-16-14-7-3-2-5-13(14)6-4-8-15-9-11-17-12-10-15/h2-7H,8-12H2,1H3/p+1/b6-4+. The summed E-state index contributed by atoms with van der Waals surface area (Å²) >= 11 is 2.07. The zero-order valence-corrected chi connectivity index (χ0v) is 11.1. The Hall–Kier alpha value is -0.930. The third-order valence-electron chi connectivity index (χ3n) is 3.04. The third-order valence-corrected chi connectivity index (χ3v) is 4.03. The van der Waals surface area contributed by atoms with E-state index in [4.69, 9.17) is 4.74 Å². The Bertz CT molecular complexity index is 372. The summed E-state index contributed by atoms with van der Waals surface area (Å²) in [6.45, 7) is 3.71. The summed E-state index contributed by atoms with van der Waals surface area (Å²) < 4.78 is 5.33. The van der Waals surface area contributed by atoms with E-state index in [2.05, 4.69) is 30.0 Å². The molecule has 1 aromatic carbocycles. The van der Waals surface area contributed by atoms with Crippen LogP contribution >= 0.6 is 11.8 Å². The van der Waals surface area contributed by atoms with Crippen molar-refractivity contribution < 1.29 is 9.64 Å². The summed E-state index contributed by atoms with van der Waals surface area (Å²) in [5, 5.41) is 0. The van der Waals surface area contributed by atoms with Crippen LogP contribution < -0.4 is 9.64 Å². The van der Waals surface area contributed by atoms with Gasteiger partial charge in [-0.2, -0.15) is 11.8 Å². The van der Waals surface area contributed by atoms with Crippen LogP contribution in [0.25, 0.3) is 6.08 Å². The second kappa shape index (κ2) is 6.72. The highest BCUT2D eigenvalue weighted by Gasteiger charge is 2.11. The highest BCUT2D eigenvalue weighted by Crippen LogP contribution is 2.18. The predicted molar refractivity (Wildman–Crippen MR) is 74.9 cm³/mol. The molecule has 1 aliphatic rings. The largest absolute Gasteiger partial charge is 0.496 e. The lowest BCUT2D eigenvalue weighted by molar-refractivity contribution is -0.890. The van der Waals surface area contributed by atoms with Crippen molar-refractivity contribution >= 4 is 17.8 Å². The second-order valence-electron chi connectivity index (χ2n) is 4.21. The van der Waals surface area contributed by atoms with E-state index in [0.717, 1.165) is 12.3 Å². The number of rotatable bonds is 4. The van der Waals surface area contributed by atoms with Crippen molar-refractivity contribution in [3.05, 3.63) is 35.9 Å². The van der Waals surface area contributed by atoms with Gasteiger partial charge in [0.2, 0.25) is 0 Å². The molecule has 0 atom stereocenters. The van der Waals surface area contributed by atoms with Crippen LogP contribution in [0.15, 0.2) is 30.3 Å². The Morgan fingerprint density at radius 3 is 2.82 bits per heavy atom. The van der Waals surface area contributed by atoms with Crippen LogP contribution in [0, 0.1) is 0 Å². The van der Waals surface area contributed by atoms with E-state index in [1.54, 1.807) is 12.0 Å². The summed E-state index contributed by atoms with van der Waals surface area (Å²) in [7, 11) is 1.72. The van der Waals surface area contributed by atoms with Gasteiger partial charge in [0.05, 0.1) is 26.7 Å². The first-order valence-corrected chi connectivity index (χ1v) is 7.26. The van der Waals surface area contributed by atoms with Gasteiger partial charge >= 0.3 is 0 Å². The molecule has 1 aromatic rings. The van der Waals surface area contributed by atoms with Crippen molar-refractivity contribution in [3.63, 3.8) is 0 Å². The van der Waals surface area contributed by atoms with Crippen LogP contribution in [0.4, 0.5) is 0 Å². The lowest BCUT2D eigenvalue weighted by Crippen LogP contribution is -3.13. The SMILES string of the molecule is COc1ccccc1/C=C/C[NH+]1CCSCC1. The minimum atomic E-state index is 0.952. The molecule has 0 aliphatic carbocycles. The number of hydrogen-bond acceptors (Lipinski definition) is 2. The first kappa shape index (κ1) is 12.5. The van der Waals surface area contributed by atoms with Gasteiger partial charge in [-0.1, -0.05) is 18.2 Å². The highest BCUT2D eigenvalue weighted by atomic mass is 32.2. The van der Waals surface area contributed by atoms with Gasteiger partial charge in [0.15, 0.2) is 0 Å². The third kappa shape index (κ3) is 3.79. The van der Waals surface area contributed by atoms with Crippen LogP contribution in [-0.2, 0) is 0 Å². The Morgan fingerprint density at radius 1 is 1.29 bits per heavy atom. The van der Waals surface area contributed by atoms with E-state index in [1.807, 2.05) is 18.2 Å². The van der Waals surface area contributed by atoms with Gasteiger partial charge < -0.3 is 9.64 Å². The minimum absolute atomic E-state index is 0.952. The fraction of sp³-hybridized carbons (Fsp3) is 0.429. The van der Waals surface area contributed by atoms with Crippen LogP contribution in [0.2, 0.25) is 0 Å². The Balaban J connectivity index is 1.90. The van der Waals surface area contributed by atoms with Crippen LogP contribution in [0.3, 0.4) is 0 Å². The van der Waals surface area contributed by atoms with Gasteiger partial charge in [-0.3, -0.25) is 0 Å². The molecule has 0 amide bonds. The van der Waals surface area contributed by atoms with Crippen molar-refractivity contribution in [3.8, 4) is 5.75 Å². The number of benzene rings is 1. The van der Waals surface area contributed by atoms with Gasteiger partial charge in [-0.15, -0.1) is 0 Å². The molecule has 1 aliphatic heterocycles. The average molecular weight is 250 g/mol. The molecule has 0 saturated carbocycles. The number of methoxy groups -OCH3 is 1. The van der Waals surface area contributed by atoms with E-state index in [1.165, 1.54) is 30.2 Å². The van der Waals surface area contributed by atoms with Gasteiger partial charge in [0, 0.05) is 17.1 Å². The highest BCUT2D eigenvalue weighted by molar-refractivity contribution is 7.99. The first-order chi connectivity index (χ1) is 8.40. The molecule has 1 N–H and O–H groups in total. The summed E-state index contributed by atoms with van der Waals surface area (Å²) in [5.74, 6) is 3.56. The molecular formula is C14H20NOS+. The zero-order valence-electron chi connectivity index (χ0n) is 10.3. The molecule has 0 bridgehead atoms. The fourth-order valence-corrected chi connectivity index (χ4v) is 3.09. The summed E-state index contributed by atoms with van der Waals surface area (Å²) in [6, 6.07) is 8.15. The molecule has 1 fully saturated rings. The zero-order chi connectivity index (χ0) is 11.9. The molecule has 1 heterocycles. The predicted octanol–water partition coefficient (Wildman–Crippen LogP) is 1.34. The van der Waals surface area contributed by atoms with Gasteiger partial charge in [0.1, 0.15) is 5.75 Å². The maximum absolute atomic E-state index is 5.33. The molecule has 17 heavy (non-hydrogen) atoms. The van der Waals surface area contributed by atoms with Crippen molar-refractivity contribution in [2.24, 2.45) is 0 Å². The molecule has 92 valence electrons. The van der Waals surface area contributed by atoms with Crippen LogP contribution in [0.1, 0.15) is 5.56 Å². The molecule has 3 heteroatoms. The molecule has 0 aromatic heterocycles. The number of hydrogen-bond donors (Lipinski definition) is 1. The van der Waals surface area contributed by atoms with E-state index < -0.39 is 0 Å². The Morgan fingerprint density at radius 2 is 2.06 bits per heavy atom. The molecule has 2 rings (SSSR count). The fourth-order valence-electron chi connectivity index (χ4n) is 2.02. The number of ether oxygens (including phenoxy) is 1. The monoisotopic (exact) mass is 250 g/mol. The molecule has 0 spiro atoms. The lowest BCUT2D eigenvalue weighted by Gasteiger charge is -2.21. The quantitative estimate of drug-likeness (QED) is 0.866. The summed E-state index contributed by atoms with van der Waals surface area (Å²) in [5.41, 5.74) is 1.17. The smallest absolute Gasteiger partial charge is 0.126 e. The summed E-state index contributed by atoms with van der Waals surface area (Å²) in [4.78, 5) is 1.69. The molecule has 1 saturated heterocycles. The number of quaternary nitrogens is 1. The minimum Gasteiger partial charge on any atom is -0.496 e. The van der Waals surface area contributed by atoms with E-state index in [-0.39, 0.29) is 0 Å². The molecule has 0 unspecified atom stereocenters. The average Bonchev–Trinajstić information content (AvgIpc) is 2.40. The maximum Gasteiger partial charge on any atom is 0.126 e. The van der Waals surface area contributed by atoms with Crippen LogP contribution in [-0.4, -0.2) is 38.2 Å². The molecule has 2 nitrogen and oxygen atoms in total. The lowest BCUT2D eigenvalue weighted by atomic mass is 10.2. The maximum atomic E-state index is 5.33. The van der Waals surface area contributed by atoms with Crippen molar-refractivity contribution in [1.29, 1.82) is 0 Å². The second-order valence-corrected chi connectivity index (χ2v) is 5.44. The van der Waals surface area contributed by atoms with Crippen LogP contribution in [0.5, 0.6) is 5.75 Å². The molecule has 0 radical (unpaired) electrons. The number of para-hydroxylation sites is 1. The van der Waals surface area contributed by atoms with Crippen molar-refractivity contribution in [1.82, 2.24) is 0 Å². The molecular weight excluding hydrogens is 230 g/mol. The van der Waals surface area contributed by atoms with Crippen molar-refractivity contribution in [2.45, 2.75) is 0 Å². The Labute approximate surface area is 108 Å². The summed E-state index contributed by atoms with van der Waals surface area (Å²) in [6.07, 6.45) is 4.44. The topological polar surface area (TPSA) is 13.7 Å².